The number of nitrogens with zero attached hydrogens (tertiary/aromatic N) is 3. The number of hydrogen-bond donors (Lipinski definition) is 1. The number of nitrogens with one attached hydrogen (secondary N) is 1. The van der Waals surface area contributed by atoms with Gasteiger partial charge >= 0.3 is 0 Å². The van der Waals surface area contributed by atoms with Crippen LogP contribution in [-0.2, 0) is 17.6 Å². The molecule has 0 saturated heterocycles. The average molecular weight is 362 g/mol. The highest BCUT2D eigenvalue weighted by Crippen LogP contribution is 2.26. The molecule has 6 nitrogen and oxygen atoms in total. The molecule has 8 heteroatoms. The number of anilines is 1. The molecule has 0 fully saturated rings. The highest BCUT2D eigenvalue weighted by atomic mass is 32.1. The fourth-order valence-corrected chi connectivity index (χ4v) is 3.69. The van der Waals surface area contributed by atoms with Gasteiger partial charge in [0.1, 0.15) is 10.8 Å². The standard InChI is InChI=1S/C16H18N4O2S2/c1-3-4-5-14-19-20-16(24-14)18-13(21)8-11-9-23-15(17-11)12-7-6-10(2)22-12/h6-7,9H,3-5,8H2,1-2H3,(H,18,20,21). The fraction of sp³-hybridized carbons (Fsp3) is 0.375. The smallest absolute Gasteiger partial charge is 0.232 e. The highest BCUT2D eigenvalue weighted by Gasteiger charge is 2.13. The lowest BCUT2D eigenvalue weighted by Crippen LogP contribution is -2.14. The SMILES string of the molecule is CCCCc1nnc(NC(=O)Cc2csc(-c3ccc(C)o3)n2)s1. The van der Waals surface area contributed by atoms with Crippen LogP contribution in [0.15, 0.2) is 21.9 Å². The van der Waals surface area contributed by atoms with Crippen molar-refractivity contribution < 1.29 is 9.21 Å². The molecule has 24 heavy (non-hydrogen) atoms. The molecule has 0 aromatic carbocycles. The molecule has 0 spiro atoms. The molecule has 0 saturated carbocycles. The minimum absolute atomic E-state index is 0.138. The Morgan fingerprint density at radius 2 is 2.21 bits per heavy atom. The number of unbranched alkanes of at least 4 members (excludes halogenated alkanes) is 1. The molecule has 0 unspecified atom stereocenters. The minimum atomic E-state index is -0.138. The Morgan fingerprint density at radius 3 is 2.96 bits per heavy atom. The summed E-state index contributed by atoms with van der Waals surface area (Å²) in [5.74, 6) is 1.43. The fourth-order valence-electron chi connectivity index (χ4n) is 2.11. The lowest BCUT2D eigenvalue weighted by Gasteiger charge is -1.98. The van der Waals surface area contributed by atoms with Crippen LogP contribution in [0, 0.1) is 6.92 Å². The third-order valence-electron chi connectivity index (χ3n) is 3.30. The number of aryl methyl sites for hydroxylation is 2. The second-order valence-electron chi connectivity index (χ2n) is 5.38. The van der Waals surface area contributed by atoms with E-state index in [2.05, 4.69) is 27.4 Å². The van der Waals surface area contributed by atoms with Crippen molar-refractivity contribution in [3.63, 3.8) is 0 Å². The van der Waals surface area contributed by atoms with Crippen LogP contribution < -0.4 is 5.32 Å². The Balaban J connectivity index is 1.57. The molecule has 0 aliphatic carbocycles. The van der Waals surface area contributed by atoms with Gasteiger partial charge in [-0.2, -0.15) is 0 Å². The van der Waals surface area contributed by atoms with Crippen molar-refractivity contribution in [2.45, 2.75) is 39.5 Å². The van der Waals surface area contributed by atoms with E-state index in [-0.39, 0.29) is 12.3 Å². The van der Waals surface area contributed by atoms with Crippen LogP contribution in [0.5, 0.6) is 0 Å². The van der Waals surface area contributed by atoms with E-state index in [1.54, 1.807) is 0 Å². The molecule has 3 aromatic heterocycles. The molecule has 126 valence electrons. The number of thiazole rings is 1. The summed E-state index contributed by atoms with van der Waals surface area (Å²) in [6, 6.07) is 3.78. The van der Waals surface area contributed by atoms with Crippen LogP contribution in [0.3, 0.4) is 0 Å². The van der Waals surface area contributed by atoms with Gasteiger partial charge in [-0.15, -0.1) is 21.5 Å². The van der Waals surface area contributed by atoms with Crippen molar-refractivity contribution in [1.82, 2.24) is 15.2 Å². The van der Waals surface area contributed by atoms with Crippen LogP contribution in [0.1, 0.15) is 36.2 Å². The minimum Gasteiger partial charge on any atom is -0.459 e. The molecule has 0 radical (unpaired) electrons. The van der Waals surface area contributed by atoms with Crippen molar-refractivity contribution >= 4 is 33.7 Å². The van der Waals surface area contributed by atoms with Crippen molar-refractivity contribution in [2.24, 2.45) is 0 Å². The molecular weight excluding hydrogens is 344 g/mol. The third-order valence-corrected chi connectivity index (χ3v) is 5.11. The average Bonchev–Trinajstić information content (AvgIpc) is 3.26. The lowest BCUT2D eigenvalue weighted by molar-refractivity contribution is -0.115. The first-order valence-corrected chi connectivity index (χ1v) is 9.47. The maximum atomic E-state index is 12.1. The number of carbonyl (C=O) groups is 1. The second kappa shape index (κ2) is 7.67. The van der Waals surface area contributed by atoms with E-state index in [1.807, 2.05) is 24.4 Å². The van der Waals surface area contributed by atoms with E-state index in [0.717, 1.165) is 46.5 Å². The van der Waals surface area contributed by atoms with Crippen molar-refractivity contribution in [3.05, 3.63) is 34.0 Å². The first-order valence-electron chi connectivity index (χ1n) is 7.77. The number of furan rings is 1. The molecule has 0 bridgehead atoms. The monoisotopic (exact) mass is 362 g/mol. The van der Waals surface area contributed by atoms with Gasteiger partial charge in [-0.05, 0) is 25.5 Å². The molecule has 0 atom stereocenters. The molecule has 0 aliphatic rings. The van der Waals surface area contributed by atoms with Gasteiger partial charge < -0.3 is 9.73 Å². The van der Waals surface area contributed by atoms with E-state index in [9.17, 15) is 4.79 Å². The zero-order chi connectivity index (χ0) is 16.9. The van der Waals surface area contributed by atoms with Crippen molar-refractivity contribution in [2.75, 3.05) is 5.32 Å². The summed E-state index contributed by atoms with van der Waals surface area (Å²) < 4.78 is 5.55. The first kappa shape index (κ1) is 16.8. The zero-order valence-electron chi connectivity index (χ0n) is 13.5. The van der Waals surface area contributed by atoms with Gasteiger partial charge in [0.25, 0.3) is 0 Å². The third kappa shape index (κ3) is 4.27. The van der Waals surface area contributed by atoms with Gasteiger partial charge in [0.05, 0.1) is 12.1 Å². The van der Waals surface area contributed by atoms with E-state index in [0.29, 0.717) is 5.13 Å². The lowest BCUT2D eigenvalue weighted by atomic mass is 10.3. The molecular formula is C16H18N4O2S2. The first-order chi connectivity index (χ1) is 11.6. The maximum absolute atomic E-state index is 12.1. The predicted octanol–water partition coefficient (Wildman–Crippen LogP) is 4.09. The van der Waals surface area contributed by atoms with E-state index >= 15 is 0 Å². The topological polar surface area (TPSA) is 80.9 Å². The van der Waals surface area contributed by atoms with E-state index in [1.165, 1.54) is 22.7 Å². The van der Waals surface area contributed by atoms with Crippen LogP contribution in [0.2, 0.25) is 0 Å². The van der Waals surface area contributed by atoms with Gasteiger partial charge in [0, 0.05) is 11.8 Å². The summed E-state index contributed by atoms with van der Waals surface area (Å²) in [5.41, 5.74) is 0.720. The Kier molecular flexibility index (Phi) is 5.37. The summed E-state index contributed by atoms with van der Waals surface area (Å²) in [4.78, 5) is 16.6. The summed E-state index contributed by atoms with van der Waals surface area (Å²) in [7, 11) is 0. The van der Waals surface area contributed by atoms with Crippen LogP contribution >= 0.6 is 22.7 Å². The summed E-state index contributed by atoms with van der Waals surface area (Å²) in [6.07, 6.45) is 3.31. The van der Waals surface area contributed by atoms with Gasteiger partial charge in [-0.25, -0.2) is 4.98 Å². The number of hydrogen-bond acceptors (Lipinski definition) is 7. The van der Waals surface area contributed by atoms with Gasteiger partial charge in [-0.3, -0.25) is 4.79 Å². The maximum Gasteiger partial charge on any atom is 0.232 e. The van der Waals surface area contributed by atoms with Crippen LogP contribution in [0.4, 0.5) is 5.13 Å². The van der Waals surface area contributed by atoms with Gasteiger partial charge in [0.2, 0.25) is 11.0 Å². The number of aromatic nitrogens is 3. The van der Waals surface area contributed by atoms with Crippen molar-refractivity contribution in [1.29, 1.82) is 0 Å². The number of carbonyl (C=O) groups excluding carboxylic acids is 1. The second-order valence-corrected chi connectivity index (χ2v) is 7.30. The van der Waals surface area contributed by atoms with E-state index in [4.69, 9.17) is 4.42 Å². The van der Waals surface area contributed by atoms with Gasteiger partial charge in [-0.1, -0.05) is 24.7 Å². The number of amides is 1. The molecule has 1 amide bonds. The van der Waals surface area contributed by atoms with Crippen LogP contribution in [0.25, 0.3) is 10.8 Å². The quantitative estimate of drug-likeness (QED) is 0.685. The highest BCUT2D eigenvalue weighted by molar-refractivity contribution is 7.15. The summed E-state index contributed by atoms with van der Waals surface area (Å²) >= 11 is 2.90. The Labute approximate surface area is 148 Å². The summed E-state index contributed by atoms with van der Waals surface area (Å²) in [6.45, 7) is 4.03. The molecule has 1 N–H and O–H groups in total. The van der Waals surface area contributed by atoms with E-state index < -0.39 is 0 Å². The molecule has 3 rings (SSSR count). The normalized spacial score (nSPS) is 10.9. The van der Waals surface area contributed by atoms with Gasteiger partial charge in [0.15, 0.2) is 10.8 Å². The predicted molar refractivity (Wildman–Crippen MR) is 95.4 cm³/mol. The Bertz CT molecular complexity index is 822. The molecule has 3 heterocycles. The Hall–Kier alpha value is -2.06. The van der Waals surface area contributed by atoms with Crippen LogP contribution in [-0.4, -0.2) is 21.1 Å². The number of rotatable bonds is 7. The zero-order valence-corrected chi connectivity index (χ0v) is 15.2. The molecule has 0 aliphatic heterocycles. The summed E-state index contributed by atoms with van der Waals surface area (Å²) in [5, 5.41) is 15.0. The Morgan fingerprint density at radius 1 is 1.33 bits per heavy atom. The van der Waals surface area contributed by atoms with Crippen molar-refractivity contribution in [3.8, 4) is 10.8 Å². The largest absolute Gasteiger partial charge is 0.459 e. The molecule has 3 aromatic rings.